The Kier molecular flexibility index (Phi) is 4.75. The van der Waals surface area contributed by atoms with Crippen molar-refractivity contribution in [3.8, 4) is 0 Å². The lowest BCUT2D eigenvalue weighted by Crippen LogP contribution is -1.90. The molecular weight excluding hydrogens is 224 g/mol. The van der Waals surface area contributed by atoms with E-state index in [1.165, 1.54) is 0 Å². The number of nitrogens with zero attached hydrogens (tertiary/aromatic N) is 4. The third-order valence-corrected chi connectivity index (χ3v) is 2.28. The second-order valence-corrected chi connectivity index (χ2v) is 3.65. The summed E-state index contributed by atoms with van der Waals surface area (Å²) < 4.78 is 0. The van der Waals surface area contributed by atoms with Gasteiger partial charge < -0.3 is 0 Å². The maximum atomic E-state index is 4.19. The molecule has 2 rings (SSSR count). The zero-order chi connectivity index (χ0) is 12.5. The lowest BCUT2D eigenvalue weighted by atomic mass is 10.3. The topological polar surface area (TPSA) is 50.5 Å². The predicted octanol–water partition coefficient (Wildman–Crippen LogP) is 2.32. The molecule has 18 heavy (non-hydrogen) atoms. The Labute approximate surface area is 106 Å². The molecule has 0 aliphatic rings. The normalized spacial score (nSPS) is 11.3. The van der Waals surface area contributed by atoms with Crippen LogP contribution in [-0.4, -0.2) is 22.4 Å². The summed E-state index contributed by atoms with van der Waals surface area (Å²) in [7, 11) is 0. The molecule has 0 spiro atoms. The van der Waals surface area contributed by atoms with E-state index in [4.69, 9.17) is 0 Å². The molecule has 90 valence electrons. The van der Waals surface area contributed by atoms with Crippen molar-refractivity contribution in [2.24, 2.45) is 10.2 Å². The van der Waals surface area contributed by atoms with Crippen molar-refractivity contribution in [3.63, 3.8) is 0 Å². The number of hydrogen-bond acceptors (Lipinski definition) is 4. The van der Waals surface area contributed by atoms with Crippen LogP contribution >= 0.6 is 0 Å². The van der Waals surface area contributed by atoms with E-state index < -0.39 is 0 Å². The van der Waals surface area contributed by atoms with Crippen molar-refractivity contribution in [2.45, 2.75) is 12.8 Å². The molecule has 2 aromatic rings. The average molecular weight is 238 g/mol. The molecule has 0 unspecified atom stereocenters. The minimum atomic E-state index is 0.696. The van der Waals surface area contributed by atoms with Crippen molar-refractivity contribution in [2.75, 3.05) is 0 Å². The second kappa shape index (κ2) is 7.06. The fourth-order valence-electron chi connectivity index (χ4n) is 1.40. The Morgan fingerprint density at radius 1 is 0.778 bits per heavy atom. The lowest BCUT2D eigenvalue weighted by Gasteiger charge is -1.92. The van der Waals surface area contributed by atoms with Crippen LogP contribution in [-0.2, 0) is 12.8 Å². The SMILES string of the molecule is C(/Cc1ccccn1)=N/N=C\Cc1ccccn1. The summed E-state index contributed by atoms with van der Waals surface area (Å²) in [5, 5.41) is 7.92. The van der Waals surface area contributed by atoms with Crippen LogP contribution < -0.4 is 0 Å². The second-order valence-electron chi connectivity index (χ2n) is 3.65. The molecule has 0 bridgehead atoms. The monoisotopic (exact) mass is 238 g/mol. The van der Waals surface area contributed by atoms with Gasteiger partial charge in [0.25, 0.3) is 0 Å². The summed E-state index contributed by atoms with van der Waals surface area (Å²) in [6.45, 7) is 0. The standard InChI is InChI=1S/C14H14N4/c1-3-9-15-13(5-1)7-11-17-18-12-8-14-6-2-4-10-16-14/h1-6,9-12H,7-8H2/b17-11-,18-12-. The molecule has 0 aromatic carbocycles. The van der Waals surface area contributed by atoms with Crippen LogP contribution in [0, 0.1) is 0 Å². The molecule has 2 heterocycles. The zero-order valence-electron chi connectivity index (χ0n) is 9.98. The van der Waals surface area contributed by atoms with Crippen LogP contribution in [0.1, 0.15) is 11.4 Å². The fourth-order valence-corrected chi connectivity index (χ4v) is 1.40. The first kappa shape index (κ1) is 12.1. The molecule has 0 N–H and O–H groups in total. The van der Waals surface area contributed by atoms with E-state index in [0.717, 1.165) is 11.4 Å². The summed E-state index contributed by atoms with van der Waals surface area (Å²) in [5.74, 6) is 0. The van der Waals surface area contributed by atoms with Gasteiger partial charge in [0.15, 0.2) is 0 Å². The van der Waals surface area contributed by atoms with Gasteiger partial charge in [-0.1, -0.05) is 12.1 Å². The molecular formula is C14H14N4. The summed E-state index contributed by atoms with van der Waals surface area (Å²) >= 11 is 0. The Morgan fingerprint density at radius 2 is 1.28 bits per heavy atom. The molecule has 0 atom stereocenters. The summed E-state index contributed by atoms with van der Waals surface area (Å²) in [6.07, 6.45) is 8.43. The van der Waals surface area contributed by atoms with Gasteiger partial charge in [-0.25, -0.2) is 0 Å². The minimum absolute atomic E-state index is 0.696. The zero-order valence-corrected chi connectivity index (χ0v) is 9.98. The van der Waals surface area contributed by atoms with Crippen molar-refractivity contribution in [1.82, 2.24) is 9.97 Å². The summed E-state index contributed by atoms with van der Waals surface area (Å²) in [4.78, 5) is 8.38. The maximum absolute atomic E-state index is 4.19. The van der Waals surface area contributed by atoms with E-state index in [0.29, 0.717) is 12.8 Å². The van der Waals surface area contributed by atoms with Crippen LogP contribution in [0.4, 0.5) is 0 Å². The van der Waals surface area contributed by atoms with Crippen molar-refractivity contribution in [1.29, 1.82) is 0 Å². The number of rotatable bonds is 5. The average Bonchev–Trinajstić information content (AvgIpc) is 2.45. The highest BCUT2D eigenvalue weighted by Crippen LogP contribution is 1.93. The van der Waals surface area contributed by atoms with E-state index in [2.05, 4.69) is 20.2 Å². The molecule has 0 saturated carbocycles. The van der Waals surface area contributed by atoms with Crippen LogP contribution in [0.15, 0.2) is 59.0 Å². The molecule has 4 heteroatoms. The van der Waals surface area contributed by atoms with Gasteiger partial charge in [-0.05, 0) is 24.3 Å². The smallest absolute Gasteiger partial charge is 0.0457 e. The van der Waals surface area contributed by atoms with E-state index in [9.17, 15) is 0 Å². The third kappa shape index (κ3) is 4.25. The van der Waals surface area contributed by atoms with Crippen molar-refractivity contribution < 1.29 is 0 Å². The van der Waals surface area contributed by atoms with Gasteiger partial charge in [0.1, 0.15) is 0 Å². The van der Waals surface area contributed by atoms with E-state index >= 15 is 0 Å². The summed E-state index contributed by atoms with van der Waals surface area (Å²) in [5.41, 5.74) is 1.97. The molecule has 2 aromatic heterocycles. The molecule has 0 saturated heterocycles. The highest BCUT2D eigenvalue weighted by Gasteiger charge is 1.88. The highest BCUT2D eigenvalue weighted by molar-refractivity contribution is 5.64. The third-order valence-electron chi connectivity index (χ3n) is 2.28. The molecule has 0 aliphatic heterocycles. The molecule has 0 fully saturated rings. The first-order chi connectivity index (χ1) is 8.95. The number of hydrogen-bond donors (Lipinski definition) is 0. The van der Waals surface area contributed by atoms with Crippen molar-refractivity contribution >= 4 is 12.4 Å². The first-order valence-electron chi connectivity index (χ1n) is 5.78. The molecule has 4 nitrogen and oxygen atoms in total. The van der Waals surface area contributed by atoms with Gasteiger partial charge in [0.2, 0.25) is 0 Å². The van der Waals surface area contributed by atoms with Crippen molar-refractivity contribution in [3.05, 3.63) is 60.2 Å². The van der Waals surface area contributed by atoms with Crippen LogP contribution in [0.25, 0.3) is 0 Å². The Morgan fingerprint density at radius 3 is 1.67 bits per heavy atom. The first-order valence-corrected chi connectivity index (χ1v) is 5.78. The van der Waals surface area contributed by atoms with E-state index in [1.807, 2.05) is 36.4 Å². The van der Waals surface area contributed by atoms with Gasteiger partial charge in [0.05, 0.1) is 0 Å². The number of aromatic nitrogens is 2. The quantitative estimate of drug-likeness (QED) is 0.593. The van der Waals surface area contributed by atoms with Crippen LogP contribution in [0.5, 0.6) is 0 Å². The predicted molar refractivity (Wildman–Crippen MR) is 72.9 cm³/mol. The largest absolute Gasteiger partial charge is 0.261 e. The van der Waals surface area contributed by atoms with Gasteiger partial charge in [0, 0.05) is 49.1 Å². The van der Waals surface area contributed by atoms with Crippen LogP contribution in [0.2, 0.25) is 0 Å². The molecule has 0 aliphatic carbocycles. The van der Waals surface area contributed by atoms with E-state index in [1.54, 1.807) is 24.8 Å². The van der Waals surface area contributed by atoms with Gasteiger partial charge in [-0.15, -0.1) is 0 Å². The van der Waals surface area contributed by atoms with Gasteiger partial charge in [-0.3, -0.25) is 9.97 Å². The molecule has 0 amide bonds. The lowest BCUT2D eigenvalue weighted by molar-refractivity contribution is 1.12. The minimum Gasteiger partial charge on any atom is -0.261 e. The maximum Gasteiger partial charge on any atom is 0.0457 e. The van der Waals surface area contributed by atoms with Gasteiger partial charge >= 0.3 is 0 Å². The highest BCUT2D eigenvalue weighted by atomic mass is 15.2. The Balaban J connectivity index is 1.75. The number of pyridine rings is 2. The Bertz CT molecular complexity index is 456. The molecule has 0 radical (unpaired) electrons. The van der Waals surface area contributed by atoms with E-state index in [-0.39, 0.29) is 0 Å². The fraction of sp³-hybridized carbons (Fsp3) is 0.143. The van der Waals surface area contributed by atoms with Crippen LogP contribution in [0.3, 0.4) is 0 Å². The van der Waals surface area contributed by atoms with Gasteiger partial charge in [-0.2, -0.15) is 10.2 Å². The Hall–Kier alpha value is -2.36. The summed E-state index contributed by atoms with van der Waals surface area (Å²) in [6, 6.07) is 11.6.